The summed E-state index contributed by atoms with van der Waals surface area (Å²) in [7, 11) is 0. The molecule has 3 aliphatic heterocycles. The molecule has 3 aliphatic rings. The number of hydrogen-bond acceptors (Lipinski definition) is 6. The van der Waals surface area contributed by atoms with Gasteiger partial charge < -0.3 is 28.1 Å². The molecule has 0 saturated heterocycles. The van der Waals surface area contributed by atoms with Crippen LogP contribution in [0.2, 0.25) is 0 Å². The number of benzene rings is 8. The first-order chi connectivity index (χ1) is 32.7. The molecule has 2 aromatic heterocycles. The Morgan fingerprint density at radius 2 is 1.06 bits per heavy atom. The zero-order valence-electron chi connectivity index (χ0n) is 38.0. The normalized spacial score (nSPS) is 13.9. The summed E-state index contributed by atoms with van der Waals surface area (Å²) in [6, 6.07) is 63.5. The van der Waals surface area contributed by atoms with Crippen LogP contribution in [0.15, 0.2) is 185 Å². The van der Waals surface area contributed by atoms with Crippen LogP contribution in [0, 0.1) is 6.92 Å². The lowest BCUT2D eigenvalue weighted by atomic mass is 9.33. The fourth-order valence-electron chi connectivity index (χ4n) is 10.6. The number of nitrogens with zero attached hydrogens (tertiary/aromatic N) is 2. The summed E-state index contributed by atoms with van der Waals surface area (Å²) < 4.78 is 25.8. The van der Waals surface area contributed by atoms with E-state index in [2.05, 4.69) is 189 Å². The molecule has 324 valence electrons. The first-order valence-corrected chi connectivity index (χ1v) is 23.3. The highest BCUT2D eigenvalue weighted by molar-refractivity contribution is 7.00. The lowest BCUT2D eigenvalue weighted by Crippen LogP contribution is -2.61. The van der Waals surface area contributed by atoms with Gasteiger partial charge in [-0.2, -0.15) is 0 Å². The van der Waals surface area contributed by atoms with Gasteiger partial charge in [0.2, 0.25) is 0 Å². The Morgan fingerprint density at radius 1 is 0.478 bits per heavy atom. The highest BCUT2D eigenvalue weighted by Gasteiger charge is 2.44. The molecule has 0 unspecified atom stereocenters. The van der Waals surface area contributed by atoms with Crippen LogP contribution in [0.1, 0.15) is 38.3 Å². The fraction of sp³-hybridized carbons (Fsp3) is 0.133. The van der Waals surface area contributed by atoms with Crippen LogP contribution in [0.5, 0.6) is 11.5 Å². The zero-order valence-corrected chi connectivity index (χ0v) is 38.0. The molecule has 0 amide bonds. The van der Waals surface area contributed by atoms with E-state index in [0.717, 1.165) is 113 Å². The van der Waals surface area contributed by atoms with E-state index >= 15 is 0 Å². The zero-order chi connectivity index (χ0) is 45.0. The molecule has 0 bridgehead atoms. The Balaban J connectivity index is 1.08. The van der Waals surface area contributed by atoms with Crippen LogP contribution in [0.3, 0.4) is 0 Å². The number of ether oxygens (including phenoxy) is 2. The number of hydrogen-bond donors (Lipinski definition) is 0. The molecule has 8 aromatic carbocycles. The summed E-state index contributed by atoms with van der Waals surface area (Å²) in [4.78, 5) is 4.96. The molecular weight excluding hydrogens is 823 g/mol. The summed E-state index contributed by atoms with van der Waals surface area (Å²) in [5.74, 6) is 3.23. The maximum atomic E-state index is 6.59. The molecule has 0 aliphatic carbocycles. The summed E-state index contributed by atoms with van der Waals surface area (Å²) in [5.41, 5.74) is 18.7. The third-order valence-corrected chi connectivity index (χ3v) is 13.8. The standard InChI is InChI=1S/C60H47BN2O4/c1-37-29-51-59-52(30-37)63(50-36-58-57(64-27-12-28-65-58)35-45(50)38-13-6-5-7-14-38)49-26-22-43(60(2,3)4)34-47(49)61(59)46-31-42(56-33-41-16-9-11-18-54(41)67-56)21-25-48(46)62(51)44-23-19-39(20-24-44)55-32-40-15-8-10-17-53(40)66-55/h5-11,13-26,29-36H,12,27-28H2,1-4H3. The van der Waals surface area contributed by atoms with Crippen molar-refractivity contribution in [2.75, 3.05) is 23.0 Å². The molecule has 13 rings (SSSR count). The molecule has 0 fully saturated rings. The van der Waals surface area contributed by atoms with E-state index in [1.807, 2.05) is 24.3 Å². The van der Waals surface area contributed by atoms with Gasteiger partial charge in [-0.05, 0) is 130 Å². The van der Waals surface area contributed by atoms with Gasteiger partial charge in [-0.3, -0.25) is 0 Å². The van der Waals surface area contributed by atoms with E-state index < -0.39 is 0 Å². The van der Waals surface area contributed by atoms with Crippen molar-refractivity contribution < 1.29 is 18.3 Å². The predicted molar refractivity (Wildman–Crippen MR) is 275 cm³/mol. The van der Waals surface area contributed by atoms with E-state index in [0.29, 0.717) is 13.2 Å². The number of rotatable bonds is 5. The van der Waals surface area contributed by atoms with Crippen molar-refractivity contribution >= 4 is 79.2 Å². The molecule has 0 N–H and O–H groups in total. The third kappa shape index (κ3) is 6.47. The molecular formula is C60H47BN2O4. The number of para-hydroxylation sites is 2. The average Bonchev–Trinajstić information content (AvgIpc) is 3.92. The quantitative estimate of drug-likeness (QED) is 0.161. The van der Waals surface area contributed by atoms with Crippen molar-refractivity contribution in [2.45, 2.75) is 39.5 Å². The van der Waals surface area contributed by atoms with Crippen molar-refractivity contribution in [1.82, 2.24) is 0 Å². The average molecular weight is 871 g/mol. The van der Waals surface area contributed by atoms with Crippen molar-refractivity contribution in [3.8, 4) is 45.3 Å². The Hall–Kier alpha value is -7.90. The Labute approximate surface area is 390 Å². The van der Waals surface area contributed by atoms with Crippen molar-refractivity contribution in [2.24, 2.45) is 0 Å². The lowest BCUT2D eigenvalue weighted by Gasteiger charge is -2.45. The summed E-state index contributed by atoms with van der Waals surface area (Å²) in [6.07, 6.45) is 0.824. The third-order valence-electron chi connectivity index (χ3n) is 13.8. The molecule has 10 aromatic rings. The van der Waals surface area contributed by atoms with Crippen molar-refractivity contribution in [3.05, 3.63) is 187 Å². The fourth-order valence-corrected chi connectivity index (χ4v) is 10.6. The topological polar surface area (TPSA) is 51.2 Å². The van der Waals surface area contributed by atoms with Gasteiger partial charge in [0.1, 0.15) is 22.7 Å². The smallest absolute Gasteiger partial charge is 0.252 e. The first-order valence-electron chi connectivity index (χ1n) is 23.3. The number of anilines is 6. The number of furan rings is 2. The van der Waals surface area contributed by atoms with Gasteiger partial charge in [0.05, 0.1) is 18.9 Å². The second-order valence-electron chi connectivity index (χ2n) is 19.2. The van der Waals surface area contributed by atoms with Gasteiger partial charge >= 0.3 is 0 Å². The minimum absolute atomic E-state index is 0.0953. The monoisotopic (exact) mass is 870 g/mol. The maximum absolute atomic E-state index is 6.59. The molecule has 6 nitrogen and oxygen atoms in total. The van der Waals surface area contributed by atoms with Gasteiger partial charge in [0.15, 0.2) is 11.5 Å². The van der Waals surface area contributed by atoms with Crippen LogP contribution < -0.4 is 35.7 Å². The second-order valence-corrected chi connectivity index (χ2v) is 19.2. The SMILES string of the molecule is Cc1cc2c3c(c1)N(c1cc4c(cc1-c1ccccc1)OCCCO4)c1ccc(C(C)(C)C)cc1B3c1cc(-c3cc4ccccc4o3)ccc1N2c1ccc(-c2cc3ccccc3o2)cc1. The molecule has 5 heterocycles. The highest BCUT2D eigenvalue weighted by Crippen LogP contribution is 2.50. The minimum atomic E-state index is -0.106. The van der Waals surface area contributed by atoms with Gasteiger partial charge in [-0.25, -0.2) is 0 Å². The van der Waals surface area contributed by atoms with Crippen LogP contribution in [-0.4, -0.2) is 19.9 Å². The minimum Gasteiger partial charge on any atom is -0.490 e. The van der Waals surface area contributed by atoms with Gasteiger partial charge in [-0.1, -0.05) is 106 Å². The molecule has 67 heavy (non-hydrogen) atoms. The van der Waals surface area contributed by atoms with Crippen LogP contribution in [0.4, 0.5) is 34.1 Å². The summed E-state index contributed by atoms with van der Waals surface area (Å²) in [6.45, 7) is 10.2. The van der Waals surface area contributed by atoms with Crippen molar-refractivity contribution in [1.29, 1.82) is 0 Å². The Kier molecular flexibility index (Phi) is 8.88. The van der Waals surface area contributed by atoms with E-state index in [4.69, 9.17) is 18.3 Å². The summed E-state index contributed by atoms with van der Waals surface area (Å²) >= 11 is 0. The first kappa shape index (κ1) is 39.5. The molecule has 0 atom stereocenters. The summed E-state index contributed by atoms with van der Waals surface area (Å²) in [5, 5.41) is 2.18. The Morgan fingerprint density at radius 3 is 1.75 bits per heavy atom. The van der Waals surface area contributed by atoms with Crippen LogP contribution in [0.25, 0.3) is 55.7 Å². The van der Waals surface area contributed by atoms with Crippen molar-refractivity contribution in [3.63, 3.8) is 0 Å². The van der Waals surface area contributed by atoms with E-state index in [1.165, 1.54) is 22.0 Å². The van der Waals surface area contributed by atoms with Crippen LogP contribution >= 0.6 is 0 Å². The highest BCUT2D eigenvalue weighted by atomic mass is 16.5. The molecule has 7 heteroatoms. The van der Waals surface area contributed by atoms with Crippen LogP contribution in [-0.2, 0) is 5.41 Å². The van der Waals surface area contributed by atoms with E-state index in [-0.39, 0.29) is 12.1 Å². The van der Waals surface area contributed by atoms with Gasteiger partial charge in [0, 0.05) is 68.4 Å². The maximum Gasteiger partial charge on any atom is 0.252 e. The number of fused-ring (bicyclic) bond motifs is 7. The second kappa shape index (κ2) is 15.1. The largest absolute Gasteiger partial charge is 0.490 e. The van der Waals surface area contributed by atoms with Gasteiger partial charge in [0.25, 0.3) is 6.71 Å². The Bertz CT molecular complexity index is 3520. The molecule has 0 radical (unpaired) electrons. The number of aryl methyl sites for hydroxylation is 1. The molecule has 0 saturated carbocycles. The lowest BCUT2D eigenvalue weighted by molar-refractivity contribution is 0.297. The van der Waals surface area contributed by atoms with Gasteiger partial charge in [-0.15, -0.1) is 0 Å². The predicted octanol–water partition coefficient (Wildman–Crippen LogP) is 14.0. The van der Waals surface area contributed by atoms with E-state index in [9.17, 15) is 0 Å². The van der Waals surface area contributed by atoms with E-state index in [1.54, 1.807) is 0 Å². The molecule has 0 spiro atoms.